The number of methoxy groups -OCH3 is 1. The van der Waals surface area contributed by atoms with E-state index in [0.29, 0.717) is 22.6 Å². The van der Waals surface area contributed by atoms with Crippen molar-refractivity contribution in [2.24, 2.45) is 0 Å². The highest BCUT2D eigenvalue weighted by atomic mass is 32.1. The summed E-state index contributed by atoms with van der Waals surface area (Å²) in [5.74, 6) is 2.42. The molecule has 2 rings (SSSR count). The molecule has 0 aliphatic rings. The van der Waals surface area contributed by atoms with Gasteiger partial charge in [0.15, 0.2) is 11.5 Å². The van der Waals surface area contributed by atoms with Crippen molar-refractivity contribution in [1.82, 2.24) is 9.36 Å². The van der Waals surface area contributed by atoms with Crippen LogP contribution in [0.5, 0.6) is 16.7 Å². The third kappa shape index (κ3) is 3.36. The zero-order valence-electron chi connectivity index (χ0n) is 12.1. The van der Waals surface area contributed by atoms with Gasteiger partial charge in [-0.05, 0) is 24.6 Å². The molecule has 0 unspecified atom stereocenters. The molecule has 1 heterocycles. The summed E-state index contributed by atoms with van der Waals surface area (Å²) in [7, 11) is 1.63. The Bertz CT molecular complexity index is 606. The SMILES string of the molecule is C/C=C/c1ccc(Oc2nc(C(C)C)ns2)c(OC)c1. The Morgan fingerprint density at radius 1 is 1.25 bits per heavy atom. The third-order valence-electron chi connectivity index (χ3n) is 2.68. The standard InChI is InChI=1S/C15H18N2O2S/c1-5-6-11-7-8-12(13(9-11)18-4)19-15-16-14(10(2)3)17-20-15/h5-10H,1-4H3/b6-5+. The summed E-state index contributed by atoms with van der Waals surface area (Å²) in [6.07, 6.45) is 3.99. The largest absolute Gasteiger partial charge is 0.493 e. The topological polar surface area (TPSA) is 44.2 Å². The van der Waals surface area contributed by atoms with Crippen molar-refractivity contribution >= 4 is 17.6 Å². The van der Waals surface area contributed by atoms with Gasteiger partial charge >= 0.3 is 0 Å². The lowest BCUT2D eigenvalue weighted by molar-refractivity contribution is 0.377. The van der Waals surface area contributed by atoms with Gasteiger partial charge in [0.25, 0.3) is 5.19 Å². The Hall–Kier alpha value is -1.88. The summed E-state index contributed by atoms with van der Waals surface area (Å²) in [6.45, 7) is 6.09. The predicted molar refractivity (Wildman–Crippen MR) is 81.8 cm³/mol. The van der Waals surface area contributed by atoms with Gasteiger partial charge < -0.3 is 9.47 Å². The maximum Gasteiger partial charge on any atom is 0.298 e. The molecule has 0 saturated heterocycles. The molecular weight excluding hydrogens is 272 g/mol. The number of nitrogens with zero attached hydrogens (tertiary/aromatic N) is 2. The molecule has 0 amide bonds. The van der Waals surface area contributed by atoms with Gasteiger partial charge in [-0.2, -0.15) is 9.36 Å². The minimum absolute atomic E-state index is 0.294. The van der Waals surface area contributed by atoms with Crippen LogP contribution < -0.4 is 9.47 Å². The van der Waals surface area contributed by atoms with Gasteiger partial charge in [0.1, 0.15) is 5.82 Å². The molecule has 0 spiro atoms. The molecule has 0 bridgehead atoms. The van der Waals surface area contributed by atoms with Crippen LogP contribution in [-0.4, -0.2) is 16.5 Å². The fourth-order valence-electron chi connectivity index (χ4n) is 1.65. The maximum atomic E-state index is 5.76. The Morgan fingerprint density at radius 3 is 2.65 bits per heavy atom. The highest BCUT2D eigenvalue weighted by Crippen LogP contribution is 2.33. The number of hydrogen-bond acceptors (Lipinski definition) is 5. The molecule has 0 aliphatic carbocycles. The molecule has 0 N–H and O–H groups in total. The van der Waals surface area contributed by atoms with Crippen LogP contribution in [0.2, 0.25) is 0 Å². The van der Waals surface area contributed by atoms with E-state index in [9.17, 15) is 0 Å². The first kappa shape index (κ1) is 14.5. The normalized spacial score (nSPS) is 11.2. The first-order valence-electron chi connectivity index (χ1n) is 6.46. The van der Waals surface area contributed by atoms with Gasteiger partial charge in [-0.1, -0.05) is 32.1 Å². The minimum atomic E-state index is 0.294. The Labute approximate surface area is 123 Å². The Morgan fingerprint density at radius 2 is 2.05 bits per heavy atom. The summed E-state index contributed by atoms with van der Waals surface area (Å²) in [5, 5.41) is 0.533. The molecule has 4 nitrogen and oxygen atoms in total. The number of allylic oxidation sites excluding steroid dienone is 1. The Kier molecular flexibility index (Phi) is 4.74. The first-order chi connectivity index (χ1) is 9.63. The van der Waals surface area contributed by atoms with Crippen molar-refractivity contribution in [2.75, 3.05) is 7.11 Å². The number of benzene rings is 1. The smallest absolute Gasteiger partial charge is 0.298 e. The fraction of sp³-hybridized carbons (Fsp3) is 0.333. The van der Waals surface area contributed by atoms with Crippen molar-refractivity contribution in [3.63, 3.8) is 0 Å². The van der Waals surface area contributed by atoms with Crippen molar-refractivity contribution in [3.8, 4) is 16.7 Å². The second-order valence-electron chi connectivity index (χ2n) is 4.59. The van der Waals surface area contributed by atoms with E-state index in [1.165, 1.54) is 11.5 Å². The lowest BCUT2D eigenvalue weighted by Gasteiger charge is -2.08. The van der Waals surface area contributed by atoms with E-state index in [0.717, 1.165) is 11.4 Å². The second kappa shape index (κ2) is 6.52. The van der Waals surface area contributed by atoms with Crippen LogP contribution >= 0.6 is 11.5 Å². The average Bonchev–Trinajstić information content (AvgIpc) is 2.89. The third-order valence-corrected chi connectivity index (χ3v) is 3.29. The molecule has 0 radical (unpaired) electrons. The number of aromatic nitrogens is 2. The lowest BCUT2D eigenvalue weighted by Crippen LogP contribution is -1.92. The zero-order valence-corrected chi connectivity index (χ0v) is 12.9. The summed E-state index contributed by atoms with van der Waals surface area (Å²) >= 11 is 1.25. The molecule has 0 saturated carbocycles. The van der Waals surface area contributed by atoms with Crippen LogP contribution in [0.25, 0.3) is 6.08 Å². The summed E-state index contributed by atoms with van der Waals surface area (Å²) in [4.78, 5) is 4.35. The first-order valence-corrected chi connectivity index (χ1v) is 7.23. The molecule has 20 heavy (non-hydrogen) atoms. The minimum Gasteiger partial charge on any atom is -0.493 e. The quantitative estimate of drug-likeness (QED) is 0.813. The molecule has 106 valence electrons. The van der Waals surface area contributed by atoms with E-state index in [1.807, 2.05) is 37.3 Å². The number of hydrogen-bond donors (Lipinski definition) is 0. The summed E-state index contributed by atoms with van der Waals surface area (Å²) < 4.78 is 15.4. The van der Waals surface area contributed by atoms with E-state index >= 15 is 0 Å². The number of ether oxygens (including phenoxy) is 2. The summed E-state index contributed by atoms with van der Waals surface area (Å²) in [5.41, 5.74) is 1.07. The molecule has 2 aromatic rings. The molecule has 5 heteroatoms. The Balaban J connectivity index is 2.23. The molecular formula is C15H18N2O2S. The van der Waals surface area contributed by atoms with Crippen LogP contribution in [0.4, 0.5) is 0 Å². The highest BCUT2D eigenvalue weighted by Gasteiger charge is 2.12. The van der Waals surface area contributed by atoms with Crippen LogP contribution in [0.3, 0.4) is 0 Å². The molecule has 1 aromatic heterocycles. The van der Waals surface area contributed by atoms with Gasteiger partial charge in [-0.3, -0.25) is 0 Å². The van der Waals surface area contributed by atoms with Gasteiger partial charge in [0.05, 0.1) is 7.11 Å². The molecule has 0 fully saturated rings. The van der Waals surface area contributed by atoms with Crippen LogP contribution in [0.1, 0.15) is 38.1 Å². The van der Waals surface area contributed by atoms with E-state index in [1.54, 1.807) is 7.11 Å². The van der Waals surface area contributed by atoms with Crippen LogP contribution in [-0.2, 0) is 0 Å². The number of rotatable bonds is 5. The highest BCUT2D eigenvalue weighted by molar-refractivity contribution is 7.07. The predicted octanol–water partition coefficient (Wildman–Crippen LogP) is 4.50. The molecule has 0 aliphatic heterocycles. The van der Waals surface area contributed by atoms with Crippen LogP contribution in [0.15, 0.2) is 24.3 Å². The van der Waals surface area contributed by atoms with Crippen molar-refractivity contribution < 1.29 is 9.47 Å². The van der Waals surface area contributed by atoms with Gasteiger partial charge in [-0.25, -0.2) is 0 Å². The fourth-order valence-corrected chi connectivity index (χ4v) is 2.34. The van der Waals surface area contributed by atoms with Crippen molar-refractivity contribution in [1.29, 1.82) is 0 Å². The monoisotopic (exact) mass is 290 g/mol. The zero-order chi connectivity index (χ0) is 14.5. The van der Waals surface area contributed by atoms with E-state index in [2.05, 4.69) is 23.2 Å². The van der Waals surface area contributed by atoms with E-state index in [4.69, 9.17) is 9.47 Å². The van der Waals surface area contributed by atoms with Gasteiger partial charge in [0, 0.05) is 17.5 Å². The van der Waals surface area contributed by atoms with Gasteiger partial charge in [0.2, 0.25) is 0 Å². The lowest BCUT2D eigenvalue weighted by atomic mass is 10.2. The average molecular weight is 290 g/mol. The van der Waals surface area contributed by atoms with Crippen molar-refractivity contribution in [3.05, 3.63) is 35.7 Å². The molecule has 1 aromatic carbocycles. The molecule has 0 atom stereocenters. The maximum absolute atomic E-state index is 5.76. The van der Waals surface area contributed by atoms with E-state index in [-0.39, 0.29) is 0 Å². The summed E-state index contributed by atoms with van der Waals surface area (Å²) in [6, 6.07) is 5.78. The van der Waals surface area contributed by atoms with Gasteiger partial charge in [-0.15, -0.1) is 0 Å². The second-order valence-corrected chi connectivity index (χ2v) is 5.30. The van der Waals surface area contributed by atoms with Crippen molar-refractivity contribution in [2.45, 2.75) is 26.7 Å². The van der Waals surface area contributed by atoms with E-state index < -0.39 is 0 Å². The van der Waals surface area contributed by atoms with Crippen LogP contribution in [0, 0.1) is 0 Å².